The number of nitrogens with two attached hydrogens (primary N) is 1. The highest BCUT2D eigenvalue weighted by Gasteiger charge is 2.31. The second-order valence-electron chi connectivity index (χ2n) is 5.84. The zero-order valence-corrected chi connectivity index (χ0v) is 14.4. The topological polar surface area (TPSA) is 90.9 Å². The number of benzene rings is 2. The molecular formula is C17H14ClF3N4O2. The predicted molar refractivity (Wildman–Crippen MR) is 94.0 cm³/mol. The number of nitrogen functional groups attached to an aromatic ring is 1. The molecule has 142 valence electrons. The van der Waals surface area contributed by atoms with Crippen LogP contribution in [0.1, 0.15) is 16.7 Å². The number of alkyl halides is 3. The van der Waals surface area contributed by atoms with E-state index >= 15 is 0 Å². The SMILES string of the molecule is Nc1cc(O)c(CN2NC(c3ccc(C(F)(F)F)cc3)=NC2C=O)cc1Cl. The smallest absolute Gasteiger partial charge is 0.416 e. The highest BCUT2D eigenvalue weighted by Crippen LogP contribution is 2.31. The van der Waals surface area contributed by atoms with E-state index in [1.807, 2.05) is 0 Å². The van der Waals surface area contributed by atoms with Gasteiger partial charge in [-0.15, -0.1) is 0 Å². The van der Waals surface area contributed by atoms with Crippen LogP contribution in [0.25, 0.3) is 0 Å². The average Bonchev–Trinajstić information content (AvgIpc) is 3.02. The average molecular weight is 399 g/mol. The van der Waals surface area contributed by atoms with Gasteiger partial charge in [-0.1, -0.05) is 23.7 Å². The Labute approximate surface area is 157 Å². The first-order chi connectivity index (χ1) is 12.7. The molecule has 4 N–H and O–H groups in total. The molecule has 0 saturated carbocycles. The number of amidine groups is 1. The summed E-state index contributed by atoms with van der Waals surface area (Å²) in [6.07, 6.45) is -4.79. The quantitative estimate of drug-likeness (QED) is 0.544. The minimum absolute atomic E-state index is 0.0584. The lowest BCUT2D eigenvalue weighted by molar-refractivity contribution is -0.137. The first-order valence-corrected chi connectivity index (χ1v) is 8.07. The van der Waals surface area contributed by atoms with Gasteiger partial charge in [0.05, 0.1) is 16.3 Å². The highest BCUT2D eigenvalue weighted by atomic mass is 35.5. The Bertz CT molecular complexity index is 900. The highest BCUT2D eigenvalue weighted by molar-refractivity contribution is 6.33. The fourth-order valence-corrected chi connectivity index (χ4v) is 2.74. The Morgan fingerprint density at radius 1 is 1.30 bits per heavy atom. The van der Waals surface area contributed by atoms with Crippen LogP contribution in [0.3, 0.4) is 0 Å². The molecular weight excluding hydrogens is 385 g/mol. The van der Waals surface area contributed by atoms with E-state index in [9.17, 15) is 23.1 Å². The molecule has 0 spiro atoms. The van der Waals surface area contributed by atoms with Crippen molar-refractivity contribution in [1.82, 2.24) is 10.4 Å². The number of carbonyl (C=O) groups excluding carboxylic acids is 1. The minimum Gasteiger partial charge on any atom is -0.508 e. The molecule has 1 aliphatic heterocycles. The van der Waals surface area contributed by atoms with E-state index in [4.69, 9.17) is 17.3 Å². The van der Waals surface area contributed by atoms with E-state index in [0.717, 1.165) is 12.1 Å². The Kier molecular flexibility index (Phi) is 4.99. The molecule has 2 aromatic carbocycles. The van der Waals surface area contributed by atoms with Crippen LogP contribution >= 0.6 is 11.6 Å². The number of aliphatic imine (C=N–C) groups is 1. The van der Waals surface area contributed by atoms with Gasteiger partial charge in [0.25, 0.3) is 0 Å². The van der Waals surface area contributed by atoms with Gasteiger partial charge in [0.2, 0.25) is 0 Å². The van der Waals surface area contributed by atoms with Crippen LogP contribution in [0.4, 0.5) is 18.9 Å². The summed E-state index contributed by atoms with van der Waals surface area (Å²) >= 11 is 5.95. The van der Waals surface area contributed by atoms with E-state index in [1.54, 1.807) is 0 Å². The van der Waals surface area contributed by atoms with Crippen molar-refractivity contribution < 1.29 is 23.1 Å². The predicted octanol–water partition coefficient (Wildman–Crippen LogP) is 2.94. The van der Waals surface area contributed by atoms with E-state index in [1.165, 1.54) is 29.3 Å². The molecule has 1 aliphatic rings. The normalized spacial score (nSPS) is 17.5. The Morgan fingerprint density at radius 3 is 2.56 bits per heavy atom. The van der Waals surface area contributed by atoms with Crippen LogP contribution in [0, 0.1) is 0 Å². The zero-order chi connectivity index (χ0) is 19.8. The molecule has 0 aromatic heterocycles. The molecule has 0 amide bonds. The molecule has 10 heteroatoms. The molecule has 0 fully saturated rings. The standard InChI is InChI=1S/C17H14ClF3N4O2/c18-12-5-10(14(27)6-13(12)22)7-25-15(8-26)23-16(24-25)9-1-3-11(4-2-9)17(19,20)21/h1-6,8,15,27H,7,22H2,(H,23,24). The van der Waals surface area contributed by atoms with Gasteiger partial charge in [-0.2, -0.15) is 18.2 Å². The third-order valence-corrected chi connectivity index (χ3v) is 4.30. The number of carbonyl (C=O) groups is 1. The molecule has 0 saturated heterocycles. The number of halogens is 4. The molecule has 1 unspecified atom stereocenters. The van der Waals surface area contributed by atoms with Crippen molar-refractivity contribution in [2.75, 3.05) is 5.73 Å². The Morgan fingerprint density at radius 2 is 1.96 bits per heavy atom. The summed E-state index contributed by atoms with van der Waals surface area (Å²) in [5, 5.41) is 11.7. The van der Waals surface area contributed by atoms with Gasteiger partial charge in [-0.25, -0.2) is 4.99 Å². The zero-order valence-electron chi connectivity index (χ0n) is 13.7. The van der Waals surface area contributed by atoms with Gasteiger partial charge in [0.1, 0.15) is 11.6 Å². The number of phenols is 1. The maximum atomic E-state index is 12.7. The molecule has 1 atom stereocenters. The van der Waals surface area contributed by atoms with Crippen molar-refractivity contribution in [3.63, 3.8) is 0 Å². The van der Waals surface area contributed by atoms with Gasteiger partial charge in [-0.3, -0.25) is 4.79 Å². The maximum Gasteiger partial charge on any atom is 0.416 e. The number of hydrogen-bond acceptors (Lipinski definition) is 6. The van der Waals surface area contributed by atoms with Gasteiger partial charge >= 0.3 is 6.18 Å². The molecule has 0 aliphatic carbocycles. The van der Waals surface area contributed by atoms with Gasteiger partial charge < -0.3 is 16.3 Å². The van der Waals surface area contributed by atoms with Gasteiger partial charge in [-0.05, 0) is 18.2 Å². The summed E-state index contributed by atoms with van der Waals surface area (Å²) in [5.74, 6) is 0.133. The van der Waals surface area contributed by atoms with Gasteiger partial charge in [0, 0.05) is 23.7 Å². The number of anilines is 1. The van der Waals surface area contributed by atoms with Crippen LogP contribution in [-0.2, 0) is 17.5 Å². The van der Waals surface area contributed by atoms with E-state index < -0.39 is 17.9 Å². The molecule has 0 radical (unpaired) electrons. The summed E-state index contributed by atoms with van der Waals surface area (Å²) in [5.41, 5.74) is 8.69. The number of phenolic OH excluding ortho intramolecular Hbond substituents is 1. The van der Waals surface area contributed by atoms with Crippen LogP contribution in [0.5, 0.6) is 5.75 Å². The first kappa shape index (κ1) is 19.0. The van der Waals surface area contributed by atoms with Crippen molar-refractivity contribution >= 4 is 29.4 Å². The van der Waals surface area contributed by atoms with Crippen molar-refractivity contribution in [1.29, 1.82) is 0 Å². The fraction of sp³-hybridized carbons (Fsp3) is 0.176. The molecule has 27 heavy (non-hydrogen) atoms. The van der Waals surface area contributed by atoms with E-state index in [-0.39, 0.29) is 28.8 Å². The summed E-state index contributed by atoms with van der Waals surface area (Å²) in [6.45, 7) is 0.0584. The largest absolute Gasteiger partial charge is 0.508 e. The van der Waals surface area contributed by atoms with Crippen LogP contribution in [0.2, 0.25) is 5.02 Å². The van der Waals surface area contributed by atoms with Crippen molar-refractivity contribution in [2.24, 2.45) is 4.99 Å². The van der Waals surface area contributed by atoms with Crippen LogP contribution in [-0.4, -0.2) is 28.4 Å². The van der Waals surface area contributed by atoms with Gasteiger partial charge in [0.15, 0.2) is 12.5 Å². The second-order valence-corrected chi connectivity index (χ2v) is 6.25. The number of rotatable bonds is 4. The Hall–Kier alpha value is -2.78. The number of aromatic hydroxyl groups is 1. The molecule has 2 aromatic rings. The fourth-order valence-electron chi connectivity index (χ4n) is 2.56. The monoisotopic (exact) mass is 398 g/mol. The van der Waals surface area contributed by atoms with E-state index in [2.05, 4.69) is 10.4 Å². The van der Waals surface area contributed by atoms with Crippen LogP contribution < -0.4 is 11.2 Å². The second kappa shape index (κ2) is 7.09. The molecule has 0 bridgehead atoms. The first-order valence-electron chi connectivity index (χ1n) is 7.70. The lowest BCUT2D eigenvalue weighted by Crippen LogP contribution is -2.41. The minimum atomic E-state index is -4.44. The number of nitrogens with zero attached hydrogens (tertiary/aromatic N) is 2. The van der Waals surface area contributed by atoms with Crippen molar-refractivity contribution in [3.05, 3.63) is 58.1 Å². The summed E-state index contributed by atoms with van der Waals surface area (Å²) in [6, 6.07) is 7.15. The summed E-state index contributed by atoms with van der Waals surface area (Å²) in [4.78, 5) is 15.5. The van der Waals surface area contributed by atoms with Crippen LogP contribution in [0.15, 0.2) is 41.4 Å². The summed E-state index contributed by atoms with van der Waals surface area (Å²) in [7, 11) is 0. The molecule has 1 heterocycles. The number of nitrogens with one attached hydrogen (secondary N) is 1. The van der Waals surface area contributed by atoms with Crippen molar-refractivity contribution in [2.45, 2.75) is 18.9 Å². The number of aldehydes is 1. The Balaban J connectivity index is 1.80. The molecule has 3 rings (SSSR count). The summed E-state index contributed by atoms with van der Waals surface area (Å²) < 4.78 is 38.0. The number of hydrogen-bond donors (Lipinski definition) is 3. The third-order valence-electron chi connectivity index (χ3n) is 3.98. The van der Waals surface area contributed by atoms with E-state index in [0.29, 0.717) is 17.4 Å². The van der Waals surface area contributed by atoms with Crippen molar-refractivity contribution in [3.8, 4) is 5.75 Å². The number of hydrazine groups is 1. The third kappa shape index (κ3) is 3.99. The molecule has 6 nitrogen and oxygen atoms in total. The lowest BCUT2D eigenvalue weighted by atomic mass is 10.1. The lowest BCUT2D eigenvalue weighted by Gasteiger charge is -2.20. The maximum absolute atomic E-state index is 12.7.